The molecule has 9 heteroatoms. The minimum Gasteiger partial charge on any atom is -0.299 e. The third-order valence-corrected chi connectivity index (χ3v) is 7.00. The maximum absolute atomic E-state index is 13.1. The zero-order valence-corrected chi connectivity index (χ0v) is 22.3. The van der Waals surface area contributed by atoms with E-state index in [0.29, 0.717) is 12.1 Å². The summed E-state index contributed by atoms with van der Waals surface area (Å²) >= 11 is 6.29. The molecule has 0 saturated carbocycles. The van der Waals surface area contributed by atoms with Crippen LogP contribution in [0.1, 0.15) is 54.0 Å². The molecule has 0 radical (unpaired) electrons. The fourth-order valence-corrected chi connectivity index (χ4v) is 4.87. The standard InChI is InChI=1S/C29H30ClN7O/c1-21(2)18-37(27-25(30)17-33-26(16-31)34-27)35-28(38)23-10-8-22(9-11-23)19-36-14-12-29(20-32,13-15-36)24-6-4-3-5-7-24/h3-11,17,21H,12-15,18-19H2,1-2H3,(H,35,38). The smallest absolute Gasteiger partial charge is 0.269 e. The van der Waals surface area contributed by atoms with E-state index in [0.717, 1.165) is 43.6 Å². The molecule has 1 aliphatic rings. The van der Waals surface area contributed by atoms with Crippen LogP contribution in [0, 0.1) is 28.6 Å². The Morgan fingerprint density at radius 3 is 2.42 bits per heavy atom. The molecule has 1 N–H and O–H groups in total. The van der Waals surface area contributed by atoms with E-state index in [1.54, 1.807) is 17.1 Å². The molecule has 8 nitrogen and oxygen atoms in total. The highest BCUT2D eigenvalue weighted by molar-refractivity contribution is 6.32. The van der Waals surface area contributed by atoms with Gasteiger partial charge in [-0.1, -0.05) is 67.9 Å². The maximum atomic E-state index is 13.1. The SMILES string of the molecule is CC(C)CN(NC(=O)c1ccc(CN2CCC(C#N)(c3ccccc3)CC2)cc1)c1nc(C#N)ncc1Cl. The summed E-state index contributed by atoms with van der Waals surface area (Å²) in [7, 11) is 0. The number of aromatic nitrogens is 2. The van der Waals surface area contributed by atoms with Gasteiger partial charge in [0.1, 0.15) is 11.1 Å². The lowest BCUT2D eigenvalue weighted by molar-refractivity contribution is 0.0947. The van der Waals surface area contributed by atoms with Gasteiger partial charge >= 0.3 is 0 Å². The Morgan fingerprint density at radius 2 is 1.82 bits per heavy atom. The van der Waals surface area contributed by atoms with Crippen molar-refractivity contribution in [2.24, 2.45) is 5.92 Å². The van der Waals surface area contributed by atoms with Crippen molar-refractivity contribution in [1.82, 2.24) is 20.3 Å². The lowest BCUT2D eigenvalue weighted by Crippen LogP contribution is -2.45. The van der Waals surface area contributed by atoms with Crippen molar-refractivity contribution in [3.05, 3.63) is 88.3 Å². The molecule has 0 unspecified atom stereocenters. The molecule has 2 heterocycles. The van der Waals surface area contributed by atoms with Gasteiger partial charge in [0.05, 0.1) is 17.7 Å². The van der Waals surface area contributed by atoms with Gasteiger partial charge in [-0.05, 0) is 42.0 Å². The van der Waals surface area contributed by atoms with Crippen LogP contribution in [0.4, 0.5) is 5.82 Å². The van der Waals surface area contributed by atoms with E-state index in [2.05, 4.69) is 26.4 Å². The molecule has 0 spiro atoms. The van der Waals surface area contributed by atoms with Crippen molar-refractivity contribution in [3.63, 3.8) is 0 Å². The van der Waals surface area contributed by atoms with Crippen LogP contribution in [-0.2, 0) is 12.0 Å². The average molecular weight is 528 g/mol. The zero-order chi connectivity index (χ0) is 27.1. The molecule has 1 fully saturated rings. The number of hydrogen-bond donors (Lipinski definition) is 1. The number of nitriles is 2. The summed E-state index contributed by atoms with van der Waals surface area (Å²) in [6.07, 6.45) is 2.94. The van der Waals surface area contributed by atoms with Crippen molar-refractivity contribution in [3.8, 4) is 12.1 Å². The van der Waals surface area contributed by atoms with Gasteiger partial charge < -0.3 is 0 Å². The number of nitrogens with one attached hydrogen (secondary N) is 1. The molecule has 38 heavy (non-hydrogen) atoms. The first-order chi connectivity index (χ1) is 18.3. The highest BCUT2D eigenvalue weighted by atomic mass is 35.5. The normalized spacial score (nSPS) is 14.9. The fraction of sp³-hybridized carbons (Fsp3) is 0.345. The number of carbonyl (C=O) groups is 1. The number of nitrogens with zero attached hydrogens (tertiary/aromatic N) is 6. The summed E-state index contributed by atoms with van der Waals surface area (Å²) in [6.45, 7) is 6.89. The number of amides is 1. The van der Waals surface area contributed by atoms with Crippen LogP contribution >= 0.6 is 11.6 Å². The maximum Gasteiger partial charge on any atom is 0.269 e. The van der Waals surface area contributed by atoms with E-state index in [1.807, 2.05) is 62.4 Å². The van der Waals surface area contributed by atoms with Gasteiger partial charge in [-0.25, -0.2) is 4.98 Å². The first-order valence-corrected chi connectivity index (χ1v) is 13.0. The monoisotopic (exact) mass is 527 g/mol. The Balaban J connectivity index is 1.39. The number of likely N-dealkylation sites (tertiary alicyclic amines) is 1. The second kappa shape index (κ2) is 12.0. The topological polar surface area (TPSA) is 109 Å². The Bertz CT molecular complexity index is 1340. The summed E-state index contributed by atoms with van der Waals surface area (Å²) in [4.78, 5) is 23.5. The van der Waals surface area contributed by atoms with Gasteiger partial charge in [0.2, 0.25) is 5.82 Å². The molecule has 4 rings (SSSR count). The molecule has 0 aliphatic carbocycles. The molecule has 0 bridgehead atoms. The van der Waals surface area contributed by atoms with Gasteiger partial charge in [-0.2, -0.15) is 15.5 Å². The summed E-state index contributed by atoms with van der Waals surface area (Å²) in [5.74, 6) is 0.154. The van der Waals surface area contributed by atoms with Crippen molar-refractivity contribution in [1.29, 1.82) is 10.5 Å². The number of rotatable bonds is 8. The Labute approximate surface area is 228 Å². The minimum absolute atomic E-state index is 0.0229. The number of halogens is 1. The highest BCUT2D eigenvalue weighted by Crippen LogP contribution is 2.35. The van der Waals surface area contributed by atoms with Gasteiger partial charge in [0.25, 0.3) is 5.91 Å². The van der Waals surface area contributed by atoms with Gasteiger partial charge in [-0.3, -0.25) is 20.1 Å². The molecule has 3 aromatic rings. The number of piperidine rings is 1. The Hall–Kier alpha value is -3.98. The summed E-state index contributed by atoms with van der Waals surface area (Å²) in [5, 5.41) is 20.9. The van der Waals surface area contributed by atoms with Crippen LogP contribution in [0.3, 0.4) is 0 Å². The van der Waals surface area contributed by atoms with Crippen LogP contribution in [0.15, 0.2) is 60.8 Å². The molecule has 2 aromatic carbocycles. The number of carbonyl (C=O) groups excluding carboxylic acids is 1. The van der Waals surface area contributed by atoms with E-state index in [4.69, 9.17) is 16.9 Å². The molecular formula is C29H30ClN7O. The molecule has 0 atom stereocenters. The largest absolute Gasteiger partial charge is 0.299 e. The quantitative estimate of drug-likeness (QED) is 0.416. The predicted molar refractivity (Wildman–Crippen MR) is 146 cm³/mol. The summed E-state index contributed by atoms with van der Waals surface area (Å²) in [6, 6.07) is 22.0. The van der Waals surface area contributed by atoms with Crippen molar-refractivity contribution in [2.45, 2.75) is 38.6 Å². The van der Waals surface area contributed by atoms with Gasteiger partial charge in [0.15, 0.2) is 5.82 Å². The fourth-order valence-electron chi connectivity index (χ4n) is 4.67. The van der Waals surface area contributed by atoms with Gasteiger partial charge in [-0.15, -0.1) is 0 Å². The number of benzene rings is 2. The molecule has 194 valence electrons. The van der Waals surface area contributed by atoms with Crippen molar-refractivity contribution >= 4 is 23.3 Å². The van der Waals surface area contributed by atoms with Gasteiger partial charge in [0, 0.05) is 31.7 Å². The molecule has 1 saturated heterocycles. The van der Waals surface area contributed by atoms with Crippen LogP contribution in [0.25, 0.3) is 0 Å². The van der Waals surface area contributed by atoms with Crippen LogP contribution in [0.5, 0.6) is 0 Å². The first kappa shape index (κ1) is 27.1. The van der Waals surface area contributed by atoms with Crippen molar-refractivity contribution < 1.29 is 4.79 Å². The zero-order valence-electron chi connectivity index (χ0n) is 21.6. The third-order valence-electron chi connectivity index (χ3n) is 6.74. The van der Waals surface area contributed by atoms with Crippen molar-refractivity contribution in [2.75, 3.05) is 24.6 Å². The first-order valence-electron chi connectivity index (χ1n) is 12.6. The second-order valence-electron chi connectivity index (χ2n) is 9.96. The van der Waals surface area contributed by atoms with E-state index in [-0.39, 0.29) is 28.5 Å². The lowest BCUT2D eigenvalue weighted by atomic mass is 9.74. The molecule has 1 aromatic heterocycles. The van der Waals surface area contributed by atoms with Crippen LogP contribution in [0.2, 0.25) is 5.02 Å². The molecule has 1 aliphatic heterocycles. The average Bonchev–Trinajstić information content (AvgIpc) is 2.94. The van der Waals surface area contributed by atoms with E-state index in [9.17, 15) is 10.1 Å². The van der Waals surface area contributed by atoms with E-state index >= 15 is 0 Å². The summed E-state index contributed by atoms with van der Waals surface area (Å²) < 4.78 is 0. The lowest BCUT2D eigenvalue weighted by Gasteiger charge is -2.37. The third kappa shape index (κ3) is 6.28. The number of hydrazine groups is 1. The molecular weight excluding hydrogens is 498 g/mol. The summed E-state index contributed by atoms with van der Waals surface area (Å²) in [5.41, 5.74) is 5.14. The van der Waals surface area contributed by atoms with E-state index < -0.39 is 5.41 Å². The Morgan fingerprint density at radius 1 is 1.13 bits per heavy atom. The number of anilines is 1. The predicted octanol–water partition coefficient (Wildman–Crippen LogP) is 4.87. The number of hydrogen-bond acceptors (Lipinski definition) is 7. The Kier molecular flexibility index (Phi) is 8.58. The van der Waals surface area contributed by atoms with Crippen LogP contribution < -0.4 is 10.4 Å². The minimum atomic E-state index is -0.428. The van der Waals surface area contributed by atoms with Crippen LogP contribution in [-0.4, -0.2) is 40.4 Å². The molecule has 1 amide bonds. The highest BCUT2D eigenvalue weighted by Gasteiger charge is 2.36. The second-order valence-corrected chi connectivity index (χ2v) is 10.4. The van der Waals surface area contributed by atoms with E-state index in [1.165, 1.54) is 6.20 Å².